The Bertz CT molecular complexity index is 896. The second kappa shape index (κ2) is 5.92. The summed E-state index contributed by atoms with van der Waals surface area (Å²) in [6.45, 7) is 2.81. The van der Waals surface area contributed by atoms with Gasteiger partial charge in [0.1, 0.15) is 5.69 Å². The minimum atomic E-state index is -0.00908. The zero-order valence-corrected chi connectivity index (χ0v) is 13.5. The lowest BCUT2D eigenvalue weighted by molar-refractivity contribution is 0.0946. The Morgan fingerprint density at radius 1 is 1.21 bits per heavy atom. The van der Waals surface area contributed by atoms with Gasteiger partial charge in [0.25, 0.3) is 5.91 Å². The number of nitrogens with one attached hydrogen (secondary N) is 1. The highest BCUT2D eigenvalue weighted by Crippen LogP contribution is 2.23. The third kappa shape index (κ3) is 2.48. The number of carbonyl (C=O) groups excluding carboxylic acids is 1. The van der Waals surface area contributed by atoms with Gasteiger partial charge in [-0.3, -0.25) is 14.3 Å². The highest BCUT2D eigenvalue weighted by molar-refractivity contribution is 5.97. The van der Waals surface area contributed by atoms with Crippen LogP contribution in [0.3, 0.4) is 0 Å². The Morgan fingerprint density at radius 3 is 2.92 bits per heavy atom. The van der Waals surface area contributed by atoms with Crippen molar-refractivity contribution in [3.8, 4) is 17.2 Å². The molecule has 0 radical (unpaired) electrons. The van der Waals surface area contributed by atoms with Gasteiger partial charge in [-0.1, -0.05) is 19.1 Å². The molecule has 120 valence electrons. The van der Waals surface area contributed by atoms with E-state index >= 15 is 0 Å². The molecule has 5 heteroatoms. The molecule has 0 fully saturated rings. The molecule has 0 saturated carbocycles. The molecule has 1 aliphatic rings. The summed E-state index contributed by atoms with van der Waals surface area (Å²) in [7, 11) is 0. The van der Waals surface area contributed by atoms with Crippen molar-refractivity contribution in [1.82, 2.24) is 19.9 Å². The molecule has 0 unspecified atom stereocenters. The Balaban J connectivity index is 1.77. The number of hydrogen-bond acceptors (Lipinski definition) is 3. The summed E-state index contributed by atoms with van der Waals surface area (Å²) >= 11 is 0. The maximum Gasteiger partial charge on any atom is 0.251 e. The summed E-state index contributed by atoms with van der Waals surface area (Å²) < 4.78 is 1.97. The molecular formula is C19H18N4O. The van der Waals surface area contributed by atoms with Crippen molar-refractivity contribution >= 4 is 5.91 Å². The summed E-state index contributed by atoms with van der Waals surface area (Å²) in [4.78, 5) is 21.1. The smallest absolute Gasteiger partial charge is 0.251 e. The molecule has 1 amide bonds. The molecule has 0 bridgehead atoms. The van der Waals surface area contributed by atoms with Crippen molar-refractivity contribution in [3.63, 3.8) is 0 Å². The predicted octanol–water partition coefficient (Wildman–Crippen LogP) is 2.78. The molecule has 0 saturated heterocycles. The molecule has 0 aliphatic carbocycles. The summed E-state index contributed by atoms with van der Waals surface area (Å²) in [5.41, 5.74) is 4.77. The largest absolute Gasteiger partial charge is 0.352 e. The Kier molecular flexibility index (Phi) is 3.61. The first kappa shape index (κ1) is 14.6. The zero-order chi connectivity index (χ0) is 16.5. The molecule has 0 spiro atoms. The van der Waals surface area contributed by atoms with E-state index in [1.807, 2.05) is 41.2 Å². The molecule has 0 atom stereocenters. The monoisotopic (exact) mass is 318 g/mol. The number of hydrogen-bond donors (Lipinski definition) is 1. The van der Waals surface area contributed by atoms with E-state index in [1.54, 1.807) is 6.20 Å². The number of aryl methyl sites for hydroxylation is 1. The topological polar surface area (TPSA) is 59.8 Å². The molecule has 5 nitrogen and oxygen atoms in total. The number of imidazole rings is 1. The van der Waals surface area contributed by atoms with Crippen LogP contribution in [0.25, 0.3) is 17.2 Å². The fourth-order valence-corrected chi connectivity index (χ4v) is 3.02. The lowest BCUT2D eigenvalue weighted by atomic mass is 10.00. The number of nitrogens with zero attached hydrogens (tertiary/aromatic N) is 3. The van der Waals surface area contributed by atoms with E-state index in [2.05, 4.69) is 28.3 Å². The fraction of sp³-hybridized carbons (Fsp3) is 0.211. The van der Waals surface area contributed by atoms with E-state index in [1.165, 1.54) is 5.56 Å². The van der Waals surface area contributed by atoms with Crippen LogP contribution in [0, 0.1) is 0 Å². The van der Waals surface area contributed by atoms with E-state index in [0.29, 0.717) is 6.54 Å². The molecule has 2 aromatic heterocycles. The van der Waals surface area contributed by atoms with Crippen LogP contribution in [0.2, 0.25) is 0 Å². The normalized spacial score (nSPS) is 13.5. The van der Waals surface area contributed by atoms with Crippen LogP contribution in [0.5, 0.6) is 0 Å². The van der Waals surface area contributed by atoms with Crippen molar-refractivity contribution in [2.24, 2.45) is 0 Å². The van der Waals surface area contributed by atoms with Gasteiger partial charge in [-0.05, 0) is 42.2 Å². The van der Waals surface area contributed by atoms with Gasteiger partial charge < -0.3 is 5.32 Å². The van der Waals surface area contributed by atoms with Crippen molar-refractivity contribution in [2.45, 2.75) is 19.8 Å². The molecule has 24 heavy (non-hydrogen) atoms. The first-order valence-electron chi connectivity index (χ1n) is 8.16. The maximum atomic E-state index is 12.1. The number of pyridine rings is 1. The second-order valence-corrected chi connectivity index (χ2v) is 5.87. The summed E-state index contributed by atoms with van der Waals surface area (Å²) in [5, 5.41) is 2.89. The number of carbonyl (C=O) groups is 1. The van der Waals surface area contributed by atoms with Crippen LogP contribution in [-0.2, 0) is 12.8 Å². The minimum absolute atomic E-state index is 0.00908. The van der Waals surface area contributed by atoms with Crippen LogP contribution in [-0.4, -0.2) is 27.0 Å². The zero-order valence-electron chi connectivity index (χ0n) is 13.5. The molecule has 4 rings (SSSR count). The first-order valence-corrected chi connectivity index (χ1v) is 8.16. The molecule has 3 aromatic rings. The van der Waals surface area contributed by atoms with Crippen molar-refractivity contribution in [2.75, 3.05) is 6.54 Å². The predicted molar refractivity (Wildman–Crippen MR) is 92.2 cm³/mol. The molecule has 1 aromatic carbocycles. The van der Waals surface area contributed by atoms with E-state index in [9.17, 15) is 4.79 Å². The fourth-order valence-electron chi connectivity index (χ4n) is 3.02. The Morgan fingerprint density at radius 2 is 2.12 bits per heavy atom. The van der Waals surface area contributed by atoms with Gasteiger partial charge in [0.05, 0.1) is 0 Å². The van der Waals surface area contributed by atoms with Gasteiger partial charge in [-0.15, -0.1) is 0 Å². The first-order chi connectivity index (χ1) is 11.8. The standard InChI is InChI=1S/C19H18N4O/c1-2-13-3-6-17(22-12-13)18-20-9-10-23(18)15-5-4-14-7-8-21-19(24)16(14)11-15/h3-6,9-12H,2,7-8H2,1H3,(H,21,24). The van der Waals surface area contributed by atoms with Crippen LogP contribution in [0.15, 0.2) is 48.9 Å². The number of fused-ring (bicyclic) bond motifs is 1. The number of amides is 1. The lowest BCUT2D eigenvalue weighted by Gasteiger charge is -2.18. The average Bonchev–Trinajstić information content (AvgIpc) is 3.12. The minimum Gasteiger partial charge on any atom is -0.352 e. The van der Waals surface area contributed by atoms with Gasteiger partial charge in [-0.2, -0.15) is 0 Å². The SMILES string of the molecule is CCc1ccc(-c2nccn2-c2ccc3c(c2)C(=O)NCC3)nc1. The van der Waals surface area contributed by atoms with Crippen LogP contribution in [0.4, 0.5) is 0 Å². The highest BCUT2D eigenvalue weighted by atomic mass is 16.1. The third-order valence-corrected chi connectivity index (χ3v) is 4.40. The molecule has 1 aliphatic heterocycles. The Labute approximate surface area is 140 Å². The van der Waals surface area contributed by atoms with Gasteiger partial charge in [-0.25, -0.2) is 4.98 Å². The van der Waals surface area contributed by atoms with Gasteiger partial charge in [0.15, 0.2) is 5.82 Å². The van der Waals surface area contributed by atoms with Crippen molar-refractivity contribution in [1.29, 1.82) is 0 Å². The summed E-state index contributed by atoms with van der Waals surface area (Å²) in [6.07, 6.45) is 7.37. The lowest BCUT2D eigenvalue weighted by Crippen LogP contribution is -2.31. The van der Waals surface area contributed by atoms with Crippen LogP contribution >= 0.6 is 0 Å². The van der Waals surface area contributed by atoms with Crippen LogP contribution in [0.1, 0.15) is 28.4 Å². The van der Waals surface area contributed by atoms with E-state index < -0.39 is 0 Å². The van der Waals surface area contributed by atoms with Gasteiger partial charge in [0.2, 0.25) is 0 Å². The number of aromatic nitrogens is 3. The third-order valence-electron chi connectivity index (χ3n) is 4.40. The number of rotatable bonds is 3. The molecule has 3 heterocycles. The van der Waals surface area contributed by atoms with E-state index in [0.717, 1.165) is 41.2 Å². The summed E-state index contributed by atoms with van der Waals surface area (Å²) in [5.74, 6) is 0.763. The maximum absolute atomic E-state index is 12.1. The van der Waals surface area contributed by atoms with Gasteiger partial charge >= 0.3 is 0 Å². The Hall–Kier alpha value is -2.95. The second-order valence-electron chi connectivity index (χ2n) is 5.87. The van der Waals surface area contributed by atoms with Crippen LogP contribution < -0.4 is 5.32 Å². The van der Waals surface area contributed by atoms with Gasteiger partial charge in [0, 0.05) is 36.4 Å². The number of benzene rings is 1. The van der Waals surface area contributed by atoms with Crippen molar-refractivity contribution < 1.29 is 4.79 Å². The van der Waals surface area contributed by atoms with Crippen molar-refractivity contribution in [3.05, 3.63) is 65.6 Å². The summed E-state index contributed by atoms with van der Waals surface area (Å²) in [6, 6.07) is 10.0. The molecular weight excluding hydrogens is 300 g/mol. The van der Waals surface area contributed by atoms with E-state index in [-0.39, 0.29) is 5.91 Å². The quantitative estimate of drug-likeness (QED) is 0.808. The molecule has 1 N–H and O–H groups in total. The van der Waals surface area contributed by atoms with E-state index in [4.69, 9.17) is 0 Å². The highest BCUT2D eigenvalue weighted by Gasteiger charge is 2.18. The average molecular weight is 318 g/mol.